The predicted octanol–water partition coefficient (Wildman–Crippen LogP) is 4.22. The van der Waals surface area contributed by atoms with Gasteiger partial charge in [0.05, 0.1) is 5.38 Å². The first kappa shape index (κ1) is 13.2. The van der Waals surface area contributed by atoms with Crippen LogP contribution in [-0.2, 0) is 6.42 Å². The summed E-state index contributed by atoms with van der Waals surface area (Å²) in [6.07, 6.45) is 0.271. The molecular weight excluding hydrogens is 286 g/mol. The maximum atomic E-state index is 13.6. The van der Waals surface area contributed by atoms with Crippen LogP contribution >= 0.6 is 11.6 Å². The number of benzene rings is 2. The van der Waals surface area contributed by atoms with Crippen molar-refractivity contribution < 1.29 is 18.3 Å². The van der Waals surface area contributed by atoms with Gasteiger partial charge in [-0.25, -0.2) is 8.78 Å². The second-order valence-electron chi connectivity index (χ2n) is 4.52. The first-order valence-corrected chi connectivity index (χ1v) is 6.54. The standard InChI is InChI=1S/C15H11ClF2O2/c16-12(5-10-1-3-11(17)7-13(10)18)9-2-4-14-15(6-9)20-8-19-14/h1-4,6-7,12H,5,8H2. The molecule has 3 rings (SSSR count). The summed E-state index contributed by atoms with van der Waals surface area (Å²) in [5.41, 5.74) is 1.18. The molecule has 0 saturated carbocycles. The summed E-state index contributed by atoms with van der Waals surface area (Å²) in [5, 5.41) is -0.426. The molecule has 0 aliphatic carbocycles. The van der Waals surface area contributed by atoms with E-state index in [1.165, 1.54) is 12.1 Å². The minimum absolute atomic E-state index is 0.193. The van der Waals surface area contributed by atoms with Crippen LogP contribution in [0.25, 0.3) is 0 Å². The average molecular weight is 297 g/mol. The van der Waals surface area contributed by atoms with Gasteiger partial charge in [-0.1, -0.05) is 12.1 Å². The van der Waals surface area contributed by atoms with Gasteiger partial charge in [-0.15, -0.1) is 11.6 Å². The highest BCUT2D eigenvalue weighted by atomic mass is 35.5. The van der Waals surface area contributed by atoms with Gasteiger partial charge >= 0.3 is 0 Å². The Morgan fingerprint density at radius 3 is 2.65 bits per heavy atom. The molecule has 1 heterocycles. The zero-order valence-corrected chi connectivity index (χ0v) is 11.2. The van der Waals surface area contributed by atoms with Crippen molar-refractivity contribution in [3.63, 3.8) is 0 Å². The SMILES string of the molecule is Fc1ccc(CC(Cl)c2ccc3c(c2)OCO3)c(F)c1. The summed E-state index contributed by atoms with van der Waals surface area (Å²) >= 11 is 6.30. The van der Waals surface area contributed by atoms with Crippen LogP contribution in [0.1, 0.15) is 16.5 Å². The van der Waals surface area contributed by atoms with Crippen LogP contribution in [0, 0.1) is 11.6 Å². The van der Waals surface area contributed by atoms with E-state index < -0.39 is 17.0 Å². The Kier molecular flexibility index (Phi) is 3.49. The Labute approximate surface area is 119 Å². The highest BCUT2D eigenvalue weighted by molar-refractivity contribution is 6.21. The molecule has 2 aromatic carbocycles. The number of ether oxygens (including phenoxy) is 2. The fourth-order valence-corrected chi connectivity index (χ4v) is 2.41. The average Bonchev–Trinajstić information content (AvgIpc) is 2.89. The van der Waals surface area contributed by atoms with Gasteiger partial charge in [0.25, 0.3) is 0 Å². The molecule has 1 unspecified atom stereocenters. The van der Waals surface area contributed by atoms with Crippen LogP contribution in [0.3, 0.4) is 0 Å². The van der Waals surface area contributed by atoms with Gasteiger partial charge < -0.3 is 9.47 Å². The molecule has 2 aromatic rings. The Bertz CT molecular complexity index is 646. The maximum absolute atomic E-state index is 13.6. The molecule has 0 radical (unpaired) electrons. The van der Waals surface area contributed by atoms with Crippen LogP contribution in [0.15, 0.2) is 36.4 Å². The zero-order chi connectivity index (χ0) is 14.1. The summed E-state index contributed by atoms with van der Waals surface area (Å²) in [6, 6.07) is 8.86. The summed E-state index contributed by atoms with van der Waals surface area (Å²) in [7, 11) is 0. The molecule has 0 saturated heterocycles. The minimum Gasteiger partial charge on any atom is -0.454 e. The zero-order valence-electron chi connectivity index (χ0n) is 10.4. The Morgan fingerprint density at radius 2 is 1.85 bits per heavy atom. The lowest BCUT2D eigenvalue weighted by Gasteiger charge is -2.11. The summed E-state index contributed by atoms with van der Waals surface area (Å²) in [4.78, 5) is 0. The molecule has 0 spiro atoms. The van der Waals surface area contributed by atoms with E-state index in [0.717, 1.165) is 11.6 Å². The van der Waals surface area contributed by atoms with Crippen LogP contribution in [0.2, 0.25) is 0 Å². The normalized spacial score (nSPS) is 14.3. The van der Waals surface area contributed by atoms with Crippen molar-refractivity contribution in [3.8, 4) is 11.5 Å². The molecule has 104 valence electrons. The van der Waals surface area contributed by atoms with Crippen molar-refractivity contribution in [3.05, 3.63) is 59.2 Å². The smallest absolute Gasteiger partial charge is 0.231 e. The largest absolute Gasteiger partial charge is 0.454 e. The van der Waals surface area contributed by atoms with E-state index in [9.17, 15) is 8.78 Å². The molecule has 0 amide bonds. The molecule has 1 aliphatic rings. The Hall–Kier alpha value is -1.81. The molecule has 0 fully saturated rings. The number of rotatable bonds is 3. The molecule has 0 aromatic heterocycles. The topological polar surface area (TPSA) is 18.5 Å². The van der Waals surface area contributed by atoms with Crippen LogP contribution in [0.5, 0.6) is 11.5 Å². The van der Waals surface area contributed by atoms with Crippen molar-refractivity contribution in [2.45, 2.75) is 11.8 Å². The third-order valence-corrected chi connectivity index (χ3v) is 3.58. The fraction of sp³-hybridized carbons (Fsp3) is 0.200. The van der Waals surface area contributed by atoms with Gasteiger partial charge in [0, 0.05) is 6.07 Å². The molecule has 0 N–H and O–H groups in total. The number of hydrogen-bond acceptors (Lipinski definition) is 2. The van der Waals surface area contributed by atoms with E-state index in [0.29, 0.717) is 17.1 Å². The van der Waals surface area contributed by atoms with Gasteiger partial charge in [0.1, 0.15) is 11.6 Å². The fourth-order valence-electron chi connectivity index (χ4n) is 2.11. The lowest BCUT2D eigenvalue weighted by molar-refractivity contribution is 0.174. The second-order valence-corrected chi connectivity index (χ2v) is 5.05. The van der Waals surface area contributed by atoms with Crippen LogP contribution in [-0.4, -0.2) is 6.79 Å². The van der Waals surface area contributed by atoms with Crippen LogP contribution < -0.4 is 9.47 Å². The predicted molar refractivity (Wildman–Crippen MR) is 71.2 cm³/mol. The first-order chi connectivity index (χ1) is 9.63. The molecule has 5 heteroatoms. The molecule has 1 aliphatic heterocycles. The molecule has 20 heavy (non-hydrogen) atoms. The Balaban J connectivity index is 1.80. The van der Waals surface area contributed by atoms with Gasteiger partial charge in [0.2, 0.25) is 6.79 Å². The van der Waals surface area contributed by atoms with Gasteiger partial charge in [-0.05, 0) is 35.7 Å². The van der Waals surface area contributed by atoms with Crippen molar-refractivity contribution >= 4 is 11.6 Å². The van der Waals surface area contributed by atoms with E-state index >= 15 is 0 Å². The molecular formula is C15H11ClF2O2. The number of fused-ring (bicyclic) bond motifs is 1. The lowest BCUT2D eigenvalue weighted by Crippen LogP contribution is -1.99. The number of alkyl halides is 1. The monoisotopic (exact) mass is 296 g/mol. The quantitative estimate of drug-likeness (QED) is 0.790. The second kappa shape index (κ2) is 5.29. The van der Waals surface area contributed by atoms with Gasteiger partial charge in [0.15, 0.2) is 11.5 Å². The van der Waals surface area contributed by atoms with Gasteiger partial charge in [-0.2, -0.15) is 0 Å². The van der Waals surface area contributed by atoms with Gasteiger partial charge in [-0.3, -0.25) is 0 Å². The van der Waals surface area contributed by atoms with E-state index in [4.69, 9.17) is 21.1 Å². The molecule has 2 nitrogen and oxygen atoms in total. The van der Waals surface area contributed by atoms with Crippen molar-refractivity contribution in [2.75, 3.05) is 6.79 Å². The highest BCUT2D eigenvalue weighted by Gasteiger charge is 2.18. The number of halogens is 3. The third-order valence-electron chi connectivity index (χ3n) is 3.17. The number of hydrogen-bond donors (Lipinski definition) is 0. The van der Waals surface area contributed by atoms with E-state index in [2.05, 4.69) is 0 Å². The molecule has 1 atom stereocenters. The molecule has 0 bridgehead atoms. The third kappa shape index (κ3) is 2.56. The summed E-state index contributed by atoms with van der Waals surface area (Å²) < 4.78 is 36.9. The highest BCUT2D eigenvalue weighted by Crippen LogP contribution is 2.36. The first-order valence-electron chi connectivity index (χ1n) is 6.11. The summed E-state index contributed by atoms with van der Waals surface area (Å²) in [5.74, 6) is 0.121. The van der Waals surface area contributed by atoms with Crippen molar-refractivity contribution in [1.29, 1.82) is 0 Å². The van der Waals surface area contributed by atoms with Crippen molar-refractivity contribution in [1.82, 2.24) is 0 Å². The van der Waals surface area contributed by atoms with Crippen molar-refractivity contribution in [2.24, 2.45) is 0 Å². The van der Waals surface area contributed by atoms with E-state index in [1.807, 2.05) is 6.07 Å². The van der Waals surface area contributed by atoms with E-state index in [-0.39, 0.29) is 13.2 Å². The van der Waals surface area contributed by atoms with E-state index in [1.54, 1.807) is 12.1 Å². The lowest BCUT2D eigenvalue weighted by atomic mass is 10.0. The maximum Gasteiger partial charge on any atom is 0.231 e. The Morgan fingerprint density at radius 1 is 1.05 bits per heavy atom. The van der Waals surface area contributed by atoms with Crippen LogP contribution in [0.4, 0.5) is 8.78 Å². The summed E-state index contributed by atoms with van der Waals surface area (Å²) in [6.45, 7) is 0.193. The minimum atomic E-state index is -0.597.